The van der Waals surface area contributed by atoms with Crippen molar-refractivity contribution in [3.05, 3.63) is 28.5 Å². The lowest BCUT2D eigenvalue weighted by Crippen LogP contribution is -2.38. The summed E-state index contributed by atoms with van der Waals surface area (Å²) in [5, 5.41) is 13.4. The predicted octanol–water partition coefficient (Wildman–Crippen LogP) is 2.73. The summed E-state index contributed by atoms with van der Waals surface area (Å²) in [6, 6.07) is 1.28. The standard InChI is InChI=1S/C14H18N4O3S/c1-9-15-13(21-18-9)12(10-2-5-20-6-3-10)17-14(19)16-11-4-7-22-8-11/h4,7-8,10,12H,2-3,5-6H2,1H3,(H2,16,17,19)/t12-/m0/s1. The molecule has 3 rings (SSSR count). The van der Waals surface area contributed by atoms with Gasteiger partial charge in [0.05, 0.1) is 5.69 Å². The number of aromatic nitrogens is 2. The minimum atomic E-state index is -0.302. The van der Waals surface area contributed by atoms with E-state index in [1.54, 1.807) is 6.92 Å². The minimum absolute atomic E-state index is 0.224. The van der Waals surface area contributed by atoms with Gasteiger partial charge in [0.15, 0.2) is 5.82 Å². The average molecular weight is 322 g/mol. The van der Waals surface area contributed by atoms with Crippen molar-refractivity contribution in [1.82, 2.24) is 15.5 Å². The van der Waals surface area contributed by atoms with Crippen molar-refractivity contribution in [2.45, 2.75) is 25.8 Å². The first-order valence-electron chi connectivity index (χ1n) is 7.20. The first-order valence-corrected chi connectivity index (χ1v) is 8.14. The lowest BCUT2D eigenvalue weighted by Gasteiger charge is -2.28. The highest BCUT2D eigenvalue weighted by atomic mass is 32.1. The highest BCUT2D eigenvalue weighted by Gasteiger charge is 2.31. The Hall–Kier alpha value is -1.93. The number of ether oxygens (including phenoxy) is 1. The normalized spacial score (nSPS) is 17.1. The van der Waals surface area contributed by atoms with Crippen molar-refractivity contribution in [2.24, 2.45) is 5.92 Å². The van der Waals surface area contributed by atoms with Gasteiger partial charge in [-0.2, -0.15) is 16.3 Å². The van der Waals surface area contributed by atoms with E-state index in [-0.39, 0.29) is 18.0 Å². The predicted molar refractivity (Wildman–Crippen MR) is 81.8 cm³/mol. The van der Waals surface area contributed by atoms with Crippen LogP contribution >= 0.6 is 11.3 Å². The summed E-state index contributed by atoms with van der Waals surface area (Å²) in [5.74, 6) is 1.23. The largest absolute Gasteiger partial charge is 0.381 e. The van der Waals surface area contributed by atoms with Crippen molar-refractivity contribution < 1.29 is 14.1 Å². The fourth-order valence-electron chi connectivity index (χ4n) is 2.51. The molecule has 1 saturated heterocycles. The number of nitrogens with one attached hydrogen (secondary N) is 2. The topological polar surface area (TPSA) is 89.3 Å². The molecule has 2 N–H and O–H groups in total. The summed E-state index contributed by atoms with van der Waals surface area (Å²) < 4.78 is 10.7. The molecule has 22 heavy (non-hydrogen) atoms. The van der Waals surface area contributed by atoms with Gasteiger partial charge in [0.2, 0.25) is 5.89 Å². The first-order chi connectivity index (χ1) is 10.7. The maximum Gasteiger partial charge on any atom is 0.319 e. The number of urea groups is 1. The Bertz CT molecular complexity index is 607. The first kappa shape index (κ1) is 15.0. The van der Waals surface area contributed by atoms with Crippen LogP contribution in [0.3, 0.4) is 0 Å². The van der Waals surface area contributed by atoms with Crippen LogP contribution in [-0.2, 0) is 4.74 Å². The number of hydrogen-bond acceptors (Lipinski definition) is 6. The van der Waals surface area contributed by atoms with Crippen molar-refractivity contribution in [1.29, 1.82) is 0 Å². The zero-order valence-electron chi connectivity index (χ0n) is 12.2. The number of nitrogens with zero attached hydrogens (tertiary/aromatic N) is 2. The molecule has 0 saturated carbocycles. The molecule has 2 aromatic rings. The summed E-state index contributed by atoms with van der Waals surface area (Å²) in [7, 11) is 0. The molecule has 0 bridgehead atoms. The van der Waals surface area contributed by atoms with E-state index in [2.05, 4.69) is 20.8 Å². The van der Waals surface area contributed by atoms with Gasteiger partial charge in [-0.1, -0.05) is 5.16 Å². The molecule has 0 spiro atoms. The highest BCUT2D eigenvalue weighted by molar-refractivity contribution is 7.08. The van der Waals surface area contributed by atoms with E-state index in [1.165, 1.54) is 11.3 Å². The molecule has 2 amide bonds. The van der Waals surface area contributed by atoms with Crippen LogP contribution in [0.1, 0.15) is 30.6 Å². The Balaban J connectivity index is 1.71. The second-order valence-electron chi connectivity index (χ2n) is 5.22. The van der Waals surface area contributed by atoms with E-state index in [9.17, 15) is 4.79 Å². The number of thiophene rings is 1. The highest BCUT2D eigenvalue weighted by Crippen LogP contribution is 2.29. The average Bonchev–Trinajstić information content (AvgIpc) is 3.17. The summed E-state index contributed by atoms with van der Waals surface area (Å²) in [4.78, 5) is 16.5. The van der Waals surface area contributed by atoms with Crippen molar-refractivity contribution in [2.75, 3.05) is 18.5 Å². The lowest BCUT2D eigenvalue weighted by molar-refractivity contribution is 0.0506. The maximum absolute atomic E-state index is 12.2. The molecule has 8 heteroatoms. The van der Waals surface area contributed by atoms with E-state index in [1.807, 2.05) is 16.8 Å². The lowest BCUT2D eigenvalue weighted by atomic mass is 9.91. The van der Waals surface area contributed by atoms with E-state index in [0.717, 1.165) is 18.5 Å². The maximum atomic E-state index is 12.2. The van der Waals surface area contributed by atoms with Gasteiger partial charge in [0.1, 0.15) is 6.04 Å². The number of hydrogen-bond donors (Lipinski definition) is 2. The number of rotatable bonds is 4. The van der Waals surface area contributed by atoms with Gasteiger partial charge >= 0.3 is 6.03 Å². The van der Waals surface area contributed by atoms with Gasteiger partial charge in [0.25, 0.3) is 0 Å². The van der Waals surface area contributed by atoms with Crippen LogP contribution in [0.15, 0.2) is 21.3 Å². The summed E-state index contributed by atoms with van der Waals surface area (Å²) in [6.45, 7) is 3.13. The van der Waals surface area contributed by atoms with Crippen molar-refractivity contribution in [3.63, 3.8) is 0 Å². The molecule has 7 nitrogen and oxygen atoms in total. The van der Waals surface area contributed by atoms with Gasteiger partial charge in [0, 0.05) is 18.6 Å². The van der Waals surface area contributed by atoms with Crippen LogP contribution in [0.2, 0.25) is 0 Å². The fourth-order valence-corrected chi connectivity index (χ4v) is 3.10. The molecular formula is C14H18N4O3S. The Kier molecular flexibility index (Phi) is 4.69. The molecule has 1 atom stereocenters. The van der Waals surface area contributed by atoms with Gasteiger partial charge in [-0.3, -0.25) is 0 Å². The molecule has 0 unspecified atom stereocenters. The third kappa shape index (κ3) is 3.63. The molecule has 1 aliphatic heterocycles. The SMILES string of the molecule is Cc1noc([C@@H](NC(=O)Nc2ccsc2)C2CCOCC2)n1. The number of carbonyl (C=O) groups excluding carboxylic acids is 1. The molecule has 1 aliphatic rings. The second kappa shape index (κ2) is 6.89. The van der Waals surface area contributed by atoms with Gasteiger partial charge < -0.3 is 19.9 Å². The Labute approximate surface area is 132 Å². The third-order valence-corrected chi connectivity index (χ3v) is 4.30. The number of amides is 2. The molecule has 3 heterocycles. The number of aryl methyl sites for hydroxylation is 1. The second-order valence-corrected chi connectivity index (χ2v) is 6.00. The Morgan fingerprint density at radius 3 is 2.91 bits per heavy atom. The van der Waals surface area contributed by atoms with Crippen molar-refractivity contribution in [3.8, 4) is 0 Å². The van der Waals surface area contributed by atoms with Gasteiger partial charge in [-0.15, -0.1) is 0 Å². The molecular weight excluding hydrogens is 304 g/mol. The zero-order valence-corrected chi connectivity index (χ0v) is 13.1. The van der Waals surface area contributed by atoms with Gasteiger partial charge in [-0.25, -0.2) is 4.79 Å². The van der Waals surface area contributed by atoms with Crippen LogP contribution in [0.4, 0.5) is 10.5 Å². The van der Waals surface area contributed by atoms with E-state index in [0.29, 0.717) is 24.9 Å². The summed E-state index contributed by atoms with van der Waals surface area (Å²) in [5.41, 5.74) is 0.773. The fraction of sp³-hybridized carbons (Fsp3) is 0.500. The van der Waals surface area contributed by atoms with Crippen LogP contribution < -0.4 is 10.6 Å². The van der Waals surface area contributed by atoms with E-state index in [4.69, 9.17) is 9.26 Å². The van der Waals surface area contributed by atoms with E-state index < -0.39 is 0 Å². The number of anilines is 1. The molecule has 2 aromatic heterocycles. The van der Waals surface area contributed by atoms with Crippen molar-refractivity contribution >= 4 is 23.1 Å². The Morgan fingerprint density at radius 1 is 1.45 bits per heavy atom. The minimum Gasteiger partial charge on any atom is -0.381 e. The monoisotopic (exact) mass is 322 g/mol. The van der Waals surface area contributed by atoms with Crippen LogP contribution in [0, 0.1) is 12.8 Å². The van der Waals surface area contributed by atoms with Gasteiger partial charge in [-0.05, 0) is 37.1 Å². The molecule has 1 fully saturated rings. The smallest absolute Gasteiger partial charge is 0.319 e. The van der Waals surface area contributed by atoms with Crippen LogP contribution in [0.5, 0.6) is 0 Å². The van der Waals surface area contributed by atoms with Crippen LogP contribution in [-0.4, -0.2) is 29.4 Å². The molecule has 0 aliphatic carbocycles. The molecule has 0 aromatic carbocycles. The summed E-state index contributed by atoms with van der Waals surface area (Å²) >= 11 is 1.53. The van der Waals surface area contributed by atoms with Crippen LogP contribution in [0.25, 0.3) is 0 Å². The Morgan fingerprint density at radius 2 is 2.27 bits per heavy atom. The summed E-state index contributed by atoms with van der Waals surface area (Å²) in [6.07, 6.45) is 1.70. The van der Waals surface area contributed by atoms with E-state index >= 15 is 0 Å². The third-order valence-electron chi connectivity index (χ3n) is 3.61. The zero-order chi connectivity index (χ0) is 15.4. The number of carbonyl (C=O) groups is 1. The molecule has 0 radical (unpaired) electrons. The quantitative estimate of drug-likeness (QED) is 0.903. The molecule has 118 valence electrons.